The SMILES string of the molecule is CCNC(CCOc1cc(Br)cc([N+](=O)[O-])c1)C(N)=O. The van der Waals surface area contributed by atoms with Gasteiger partial charge in [-0.1, -0.05) is 22.9 Å². The van der Waals surface area contributed by atoms with Crippen molar-refractivity contribution in [3.05, 3.63) is 32.8 Å². The number of carbonyl (C=O) groups excluding carboxylic acids is 1. The highest BCUT2D eigenvalue weighted by Crippen LogP contribution is 2.26. The molecule has 0 aliphatic rings. The molecule has 0 aliphatic heterocycles. The van der Waals surface area contributed by atoms with E-state index in [4.69, 9.17) is 10.5 Å². The van der Waals surface area contributed by atoms with Gasteiger partial charge in [0.2, 0.25) is 5.91 Å². The number of nitrogens with two attached hydrogens (primary N) is 1. The molecule has 0 spiro atoms. The number of nitro groups is 1. The topological polar surface area (TPSA) is 107 Å². The quantitative estimate of drug-likeness (QED) is 0.549. The van der Waals surface area contributed by atoms with Crippen LogP contribution in [0.4, 0.5) is 5.69 Å². The molecule has 1 unspecified atom stereocenters. The molecule has 110 valence electrons. The number of nitro benzene ring substituents is 1. The zero-order chi connectivity index (χ0) is 15.1. The molecule has 8 heteroatoms. The van der Waals surface area contributed by atoms with Crippen molar-refractivity contribution in [3.8, 4) is 5.75 Å². The molecule has 1 rings (SSSR count). The van der Waals surface area contributed by atoms with Crippen LogP contribution in [0.2, 0.25) is 0 Å². The van der Waals surface area contributed by atoms with Crippen molar-refractivity contribution >= 4 is 27.5 Å². The predicted octanol–water partition coefficient (Wildman–Crippen LogP) is 1.59. The molecule has 0 aromatic heterocycles. The van der Waals surface area contributed by atoms with Gasteiger partial charge in [-0.05, 0) is 12.6 Å². The van der Waals surface area contributed by atoms with Crippen molar-refractivity contribution in [2.45, 2.75) is 19.4 Å². The van der Waals surface area contributed by atoms with E-state index in [0.29, 0.717) is 23.2 Å². The molecule has 0 bridgehead atoms. The molecular formula is C12H16BrN3O4. The maximum atomic E-state index is 11.1. The van der Waals surface area contributed by atoms with E-state index in [1.165, 1.54) is 12.1 Å². The summed E-state index contributed by atoms with van der Waals surface area (Å²) in [4.78, 5) is 21.4. The Morgan fingerprint density at radius 1 is 1.55 bits per heavy atom. The highest BCUT2D eigenvalue weighted by atomic mass is 79.9. The van der Waals surface area contributed by atoms with Crippen LogP contribution < -0.4 is 15.8 Å². The van der Waals surface area contributed by atoms with Gasteiger partial charge in [0, 0.05) is 17.0 Å². The lowest BCUT2D eigenvalue weighted by atomic mass is 10.2. The van der Waals surface area contributed by atoms with Crippen molar-refractivity contribution in [3.63, 3.8) is 0 Å². The highest BCUT2D eigenvalue weighted by molar-refractivity contribution is 9.10. The number of nitrogens with zero attached hydrogens (tertiary/aromatic N) is 1. The summed E-state index contributed by atoms with van der Waals surface area (Å²) < 4.78 is 5.98. The van der Waals surface area contributed by atoms with E-state index in [-0.39, 0.29) is 12.3 Å². The average Bonchev–Trinajstić information content (AvgIpc) is 2.36. The Bertz CT molecular complexity index is 496. The number of benzene rings is 1. The molecule has 1 aromatic rings. The first-order valence-corrected chi connectivity index (χ1v) is 6.83. The van der Waals surface area contributed by atoms with E-state index >= 15 is 0 Å². The summed E-state index contributed by atoms with van der Waals surface area (Å²) in [5.74, 6) is -0.0820. The van der Waals surface area contributed by atoms with Crippen LogP contribution in [0.25, 0.3) is 0 Å². The van der Waals surface area contributed by atoms with Gasteiger partial charge in [0.05, 0.1) is 23.6 Å². The number of ether oxygens (including phenoxy) is 1. The van der Waals surface area contributed by atoms with Crippen LogP contribution in [0.1, 0.15) is 13.3 Å². The number of likely N-dealkylation sites (N-methyl/N-ethyl adjacent to an activating group) is 1. The number of amides is 1. The maximum Gasteiger partial charge on any atom is 0.274 e. The van der Waals surface area contributed by atoms with E-state index in [0.717, 1.165) is 0 Å². The van der Waals surface area contributed by atoms with E-state index in [2.05, 4.69) is 21.2 Å². The van der Waals surface area contributed by atoms with Crippen LogP contribution in [-0.4, -0.2) is 30.0 Å². The number of halogens is 1. The average molecular weight is 346 g/mol. The summed E-state index contributed by atoms with van der Waals surface area (Å²) in [5, 5.41) is 13.7. The van der Waals surface area contributed by atoms with Gasteiger partial charge < -0.3 is 15.8 Å². The summed E-state index contributed by atoms with van der Waals surface area (Å²) in [6, 6.07) is 3.87. The molecule has 0 fully saturated rings. The van der Waals surface area contributed by atoms with Crippen molar-refractivity contribution in [2.24, 2.45) is 5.73 Å². The lowest BCUT2D eigenvalue weighted by Crippen LogP contribution is -2.42. The molecule has 0 heterocycles. The molecule has 1 aromatic carbocycles. The third kappa shape index (κ3) is 5.14. The Morgan fingerprint density at radius 2 is 2.25 bits per heavy atom. The summed E-state index contributed by atoms with van der Waals surface area (Å²) in [5.41, 5.74) is 5.17. The summed E-state index contributed by atoms with van der Waals surface area (Å²) >= 11 is 3.18. The minimum atomic E-state index is -0.498. The zero-order valence-electron chi connectivity index (χ0n) is 11.0. The van der Waals surface area contributed by atoms with Crippen molar-refractivity contribution in [1.82, 2.24) is 5.32 Å². The fourth-order valence-corrected chi connectivity index (χ4v) is 2.08. The molecule has 3 N–H and O–H groups in total. The highest BCUT2D eigenvalue weighted by Gasteiger charge is 2.14. The Labute approximate surface area is 124 Å². The van der Waals surface area contributed by atoms with Crippen LogP contribution >= 0.6 is 15.9 Å². The van der Waals surface area contributed by atoms with E-state index in [9.17, 15) is 14.9 Å². The number of non-ortho nitro benzene ring substituents is 1. The fourth-order valence-electron chi connectivity index (χ4n) is 1.62. The first-order valence-electron chi connectivity index (χ1n) is 6.04. The third-order valence-corrected chi connectivity index (χ3v) is 2.99. The van der Waals surface area contributed by atoms with Crippen molar-refractivity contribution in [2.75, 3.05) is 13.2 Å². The fraction of sp³-hybridized carbons (Fsp3) is 0.417. The lowest BCUT2D eigenvalue weighted by Gasteiger charge is -2.14. The number of primary amides is 1. The molecule has 7 nitrogen and oxygen atoms in total. The third-order valence-electron chi connectivity index (χ3n) is 2.54. The van der Waals surface area contributed by atoms with Gasteiger partial charge in [-0.25, -0.2) is 0 Å². The Balaban J connectivity index is 2.61. The summed E-state index contributed by atoms with van der Waals surface area (Å²) in [6.45, 7) is 2.72. The first-order chi connectivity index (χ1) is 9.43. The molecule has 0 radical (unpaired) electrons. The number of rotatable bonds is 8. The second-order valence-electron chi connectivity index (χ2n) is 4.05. The van der Waals surface area contributed by atoms with Gasteiger partial charge in [0.15, 0.2) is 0 Å². The minimum Gasteiger partial charge on any atom is -0.493 e. The van der Waals surface area contributed by atoms with Gasteiger partial charge in [0.25, 0.3) is 5.69 Å². The largest absolute Gasteiger partial charge is 0.493 e. The van der Waals surface area contributed by atoms with E-state index in [1.54, 1.807) is 6.07 Å². The molecule has 0 saturated heterocycles. The monoisotopic (exact) mass is 345 g/mol. The van der Waals surface area contributed by atoms with Crippen LogP contribution in [0.15, 0.2) is 22.7 Å². The van der Waals surface area contributed by atoms with Crippen molar-refractivity contribution in [1.29, 1.82) is 0 Å². The van der Waals surface area contributed by atoms with E-state index in [1.807, 2.05) is 6.92 Å². The molecule has 0 saturated carbocycles. The van der Waals surface area contributed by atoms with Crippen LogP contribution in [-0.2, 0) is 4.79 Å². The predicted molar refractivity (Wildman–Crippen MR) is 77.6 cm³/mol. The van der Waals surface area contributed by atoms with Gasteiger partial charge in [-0.15, -0.1) is 0 Å². The number of carbonyl (C=O) groups is 1. The number of nitrogens with one attached hydrogen (secondary N) is 1. The second kappa shape index (κ2) is 7.81. The zero-order valence-corrected chi connectivity index (χ0v) is 12.6. The van der Waals surface area contributed by atoms with Gasteiger partial charge in [0.1, 0.15) is 5.75 Å². The van der Waals surface area contributed by atoms with E-state index < -0.39 is 16.9 Å². The molecule has 1 amide bonds. The van der Waals surface area contributed by atoms with Crippen LogP contribution in [0.3, 0.4) is 0 Å². The van der Waals surface area contributed by atoms with Gasteiger partial charge in [-0.2, -0.15) is 0 Å². The lowest BCUT2D eigenvalue weighted by molar-refractivity contribution is -0.385. The summed E-state index contributed by atoms with van der Waals surface area (Å²) in [7, 11) is 0. The van der Waals surface area contributed by atoms with Gasteiger partial charge >= 0.3 is 0 Å². The molecule has 20 heavy (non-hydrogen) atoms. The van der Waals surface area contributed by atoms with Crippen LogP contribution in [0, 0.1) is 10.1 Å². The smallest absolute Gasteiger partial charge is 0.274 e. The minimum absolute atomic E-state index is 0.0625. The number of hydrogen-bond donors (Lipinski definition) is 2. The van der Waals surface area contributed by atoms with Crippen molar-refractivity contribution < 1.29 is 14.5 Å². The maximum absolute atomic E-state index is 11.1. The number of hydrogen-bond acceptors (Lipinski definition) is 5. The molecule has 0 aliphatic carbocycles. The van der Waals surface area contributed by atoms with Gasteiger partial charge in [-0.3, -0.25) is 14.9 Å². The summed E-state index contributed by atoms with van der Waals surface area (Å²) in [6.07, 6.45) is 0.392. The van der Waals surface area contributed by atoms with Crippen LogP contribution in [0.5, 0.6) is 5.75 Å². The Hall–Kier alpha value is -1.67. The Morgan fingerprint density at radius 3 is 2.80 bits per heavy atom. The second-order valence-corrected chi connectivity index (χ2v) is 4.97. The molecular weight excluding hydrogens is 330 g/mol. The first kappa shape index (κ1) is 16.4. The standard InChI is InChI=1S/C12H16BrN3O4/c1-2-15-11(12(14)17)3-4-20-10-6-8(13)5-9(7-10)16(18)19/h5-7,11,15H,2-4H2,1H3,(H2,14,17). The Kier molecular flexibility index (Phi) is 6.40. The normalized spacial score (nSPS) is 11.9. The molecule has 1 atom stereocenters.